The molecule has 0 saturated heterocycles. The number of hydrogen-bond donors (Lipinski definition) is 1. The number of benzene rings is 1. The van der Waals surface area contributed by atoms with Crippen LogP contribution in [0.2, 0.25) is 0 Å². The van der Waals surface area contributed by atoms with E-state index in [1.54, 1.807) is 6.92 Å². The molecule has 0 fully saturated rings. The molecule has 1 atom stereocenters. The summed E-state index contributed by atoms with van der Waals surface area (Å²) in [5, 5.41) is 10.2. The molecule has 0 saturated carbocycles. The average molecular weight is 245 g/mol. The fraction of sp³-hybridized carbons (Fsp3) is 0.400. The van der Waals surface area contributed by atoms with Gasteiger partial charge in [0.05, 0.1) is 5.92 Å². The molecule has 2 rings (SSSR count). The van der Waals surface area contributed by atoms with Crippen LogP contribution in [0.5, 0.6) is 0 Å². The Bertz CT molecular complexity index is 557. The van der Waals surface area contributed by atoms with Crippen LogP contribution in [0.25, 0.3) is 10.9 Å². The van der Waals surface area contributed by atoms with Crippen molar-refractivity contribution >= 4 is 16.9 Å². The second-order valence-electron chi connectivity index (χ2n) is 4.80. The van der Waals surface area contributed by atoms with Crippen molar-refractivity contribution in [1.29, 1.82) is 0 Å². The van der Waals surface area contributed by atoms with Gasteiger partial charge in [0.2, 0.25) is 0 Å². The summed E-state index contributed by atoms with van der Waals surface area (Å²) in [6.45, 7) is 4.91. The molecule has 0 spiro atoms. The van der Waals surface area contributed by atoms with Crippen LogP contribution >= 0.6 is 0 Å². The molecule has 1 aromatic heterocycles. The van der Waals surface area contributed by atoms with Crippen molar-refractivity contribution in [1.82, 2.24) is 4.57 Å². The summed E-state index contributed by atoms with van der Waals surface area (Å²) in [4.78, 5) is 10.9. The van der Waals surface area contributed by atoms with Crippen LogP contribution < -0.4 is 0 Å². The topological polar surface area (TPSA) is 42.2 Å². The third-order valence-corrected chi connectivity index (χ3v) is 3.32. The van der Waals surface area contributed by atoms with Gasteiger partial charge in [0.25, 0.3) is 0 Å². The lowest BCUT2D eigenvalue weighted by atomic mass is 9.98. The minimum absolute atomic E-state index is 0.342. The molecule has 0 aliphatic rings. The molecular formula is C15H19NO2. The molecule has 96 valence electrons. The first-order valence-electron chi connectivity index (χ1n) is 6.43. The van der Waals surface area contributed by atoms with Crippen molar-refractivity contribution in [3.63, 3.8) is 0 Å². The minimum atomic E-state index is -0.736. The van der Waals surface area contributed by atoms with Crippen LogP contribution in [0.1, 0.15) is 25.8 Å². The molecule has 18 heavy (non-hydrogen) atoms. The molecule has 0 aliphatic heterocycles. The van der Waals surface area contributed by atoms with Crippen molar-refractivity contribution in [3.8, 4) is 0 Å². The Morgan fingerprint density at radius 3 is 2.83 bits per heavy atom. The second kappa shape index (κ2) is 5.25. The minimum Gasteiger partial charge on any atom is -0.481 e. The van der Waals surface area contributed by atoms with Gasteiger partial charge in [-0.3, -0.25) is 4.79 Å². The predicted molar refractivity (Wildman–Crippen MR) is 72.7 cm³/mol. The van der Waals surface area contributed by atoms with Crippen LogP contribution in [0.3, 0.4) is 0 Å². The zero-order valence-electron chi connectivity index (χ0n) is 10.9. The van der Waals surface area contributed by atoms with Crippen LogP contribution in [-0.4, -0.2) is 15.6 Å². The van der Waals surface area contributed by atoms with Crippen molar-refractivity contribution < 1.29 is 9.90 Å². The number of nitrogens with zero attached hydrogens (tertiary/aromatic N) is 1. The molecule has 3 nitrogen and oxygen atoms in total. The zero-order valence-corrected chi connectivity index (χ0v) is 10.9. The summed E-state index contributed by atoms with van der Waals surface area (Å²) in [5.74, 6) is -1.08. The lowest BCUT2D eigenvalue weighted by molar-refractivity contribution is -0.141. The lowest BCUT2D eigenvalue weighted by Gasteiger charge is -2.09. The number of hydrogen-bond acceptors (Lipinski definition) is 1. The Balaban J connectivity index is 2.37. The van der Waals surface area contributed by atoms with E-state index in [1.807, 2.05) is 12.1 Å². The van der Waals surface area contributed by atoms with Crippen molar-refractivity contribution in [2.75, 3.05) is 0 Å². The molecule has 1 unspecified atom stereocenters. The number of carbonyl (C=O) groups is 1. The number of aromatic nitrogens is 1. The lowest BCUT2D eigenvalue weighted by Crippen LogP contribution is -2.12. The Morgan fingerprint density at radius 1 is 1.39 bits per heavy atom. The molecule has 0 bridgehead atoms. The highest BCUT2D eigenvalue weighted by atomic mass is 16.4. The Morgan fingerprint density at radius 2 is 2.17 bits per heavy atom. The molecule has 1 aromatic carbocycles. The van der Waals surface area contributed by atoms with Gasteiger partial charge in [0.15, 0.2) is 0 Å². The number of aliphatic carboxylic acids is 1. The summed E-state index contributed by atoms with van der Waals surface area (Å²) >= 11 is 0. The first-order chi connectivity index (χ1) is 8.63. The zero-order chi connectivity index (χ0) is 13.1. The number of carboxylic acids is 1. The average Bonchev–Trinajstić information content (AvgIpc) is 2.74. The summed E-state index contributed by atoms with van der Waals surface area (Å²) in [6, 6.07) is 8.23. The maximum Gasteiger partial charge on any atom is 0.306 e. The fourth-order valence-electron chi connectivity index (χ4n) is 2.32. The molecule has 0 radical (unpaired) electrons. The third kappa shape index (κ3) is 2.40. The number of carboxylic acid groups (broad SMARTS) is 1. The van der Waals surface area contributed by atoms with Gasteiger partial charge in [-0.05, 0) is 30.5 Å². The highest BCUT2D eigenvalue weighted by Gasteiger charge is 2.14. The maximum absolute atomic E-state index is 10.9. The maximum atomic E-state index is 10.9. The quantitative estimate of drug-likeness (QED) is 0.878. The molecule has 2 aromatic rings. The van der Waals surface area contributed by atoms with Gasteiger partial charge in [-0.1, -0.05) is 26.0 Å². The summed E-state index contributed by atoms with van der Waals surface area (Å²) < 4.78 is 2.23. The Kier molecular flexibility index (Phi) is 3.70. The van der Waals surface area contributed by atoms with E-state index in [2.05, 4.69) is 29.8 Å². The van der Waals surface area contributed by atoms with E-state index in [-0.39, 0.29) is 5.92 Å². The summed E-state index contributed by atoms with van der Waals surface area (Å²) in [5.41, 5.74) is 2.32. The number of aryl methyl sites for hydroxylation is 1. The van der Waals surface area contributed by atoms with E-state index < -0.39 is 5.97 Å². The van der Waals surface area contributed by atoms with Crippen molar-refractivity contribution in [2.24, 2.45) is 5.92 Å². The van der Waals surface area contributed by atoms with Gasteiger partial charge >= 0.3 is 5.97 Å². The molecule has 1 N–H and O–H groups in total. The van der Waals surface area contributed by atoms with Crippen LogP contribution in [0.4, 0.5) is 0 Å². The van der Waals surface area contributed by atoms with Gasteiger partial charge in [-0.25, -0.2) is 0 Å². The van der Waals surface area contributed by atoms with Gasteiger partial charge in [-0.2, -0.15) is 0 Å². The standard InChI is InChI=1S/C15H19NO2/c1-3-8-16-9-7-13-12(5-4-6-14(13)16)10-11(2)15(17)18/h4-7,9,11H,3,8,10H2,1-2H3,(H,17,18). The van der Waals surface area contributed by atoms with E-state index in [1.165, 1.54) is 10.9 Å². The third-order valence-electron chi connectivity index (χ3n) is 3.32. The summed E-state index contributed by atoms with van der Waals surface area (Å²) in [7, 11) is 0. The smallest absolute Gasteiger partial charge is 0.306 e. The van der Waals surface area contributed by atoms with E-state index in [4.69, 9.17) is 5.11 Å². The van der Waals surface area contributed by atoms with Crippen molar-refractivity contribution in [3.05, 3.63) is 36.0 Å². The van der Waals surface area contributed by atoms with E-state index >= 15 is 0 Å². The van der Waals surface area contributed by atoms with Gasteiger partial charge < -0.3 is 9.67 Å². The highest BCUT2D eigenvalue weighted by molar-refractivity contribution is 5.84. The molecule has 3 heteroatoms. The first kappa shape index (κ1) is 12.7. The van der Waals surface area contributed by atoms with Gasteiger partial charge in [0, 0.05) is 23.6 Å². The second-order valence-corrected chi connectivity index (χ2v) is 4.80. The fourth-order valence-corrected chi connectivity index (χ4v) is 2.32. The Hall–Kier alpha value is -1.77. The van der Waals surface area contributed by atoms with E-state index in [9.17, 15) is 4.79 Å². The van der Waals surface area contributed by atoms with Crippen molar-refractivity contribution in [2.45, 2.75) is 33.2 Å². The normalized spacial score (nSPS) is 12.8. The monoisotopic (exact) mass is 245 g/mol. The first-order valence-corrected chi connectivity index (χ1v) is 6.43. The number of rotatable bonds is 5. The van der Waals surface area contributed by atoms with Crippen LogP contribution in [0.15, 0.2) is 30.5 Å². The van der Waals surface area contributed by atoms with Gasteiger partial charge in [0.1, 0.15) is 0 Å². The molecule has 0 amide bonds. The Labute approximate surface area is 107 Å². The number of fused-ring (bicyclic) bond motifs is 1. The summed E-state index contributed by atoms with van der Waals surface area (Å²) in [6.07, 6.45) is 3.77. The molecule has 0 aliphatic carbocycles. The highest BCUT2D eigenvalue weighted by Crippen LogP contribution is 2.23. The predicted octanol–water partition coefficient (Wildman–Crippen LogP) is 3.31. The molecule has 1 heterocycles. The largest absolute Gasteiger partial charge is 0.481 e. The van der Waals surface area contributed by atoms with Crippen LogP contribution in [0, 0.1) is 5.92 Å². The van der Waals surface area contributed by atoms with Gasteiger partial charge in [-0.15, -0.1) is 0 Å². The molecular weight excluding hydrogens is 226 g/mol. The van der Waals surface area contributed by atoms with E-state index in [0.717, 1.165) is 18.5 Å². The van der Waals surface area contributed by atoms with Crippen LogP contribution in [-0.2, 0) is 17.8 Å². The van der Waals surface area contributed by atoms with E-state index in [0.29, 0.717) is 6.42 Å². The SMILES string of the molecule is CCCn1ccc2c(CC(C)C(=O)O)cccc21.